The number of benzene rings is 3. The monoisotopic (exact) mass is 403 g/mol. The Kier molecular flexibility index (Phi) is 7.26. The highest BCUT2D eigenvalue weighted by Gasteiger charge is 2.06. The lowest BCUT2D eigenvalue weighted by atomic mass is 10.00. The van der Waals surface area contributed by atoms with Gasteiger partial charge < -0.3 is 4.74 Å². The van der Waals surface area contributed by atoms with Crippen molar-refractivity contribution in [2.24, 2.45) is 0 Å². The molecule has 0 amide bonds. The van der Waals surface area contributed by atoms with Gasteiger partial charge in [0.25, 0.3) is 0 Å². The van der Waals surface area contributed by atoms with Crippen LogP contribution < -0.4 is 4.74 Å². The highest BCUT2D eigenvalue weighted by Crippen LogP contribution is 2.22. The summed E-state index contributed by atoms with van der Waals surface area (Å²) in [5.74, 6) is 0.943. The Balaban J connectivity index is 0.00000240. The van der Waals surface area contributed by atoms with Gasteiger partial charge in [-0.05, 0) is 41.7 Å². The van der Waals surface area contributed by atoms with E-state index in [4.69, 9.17) is 4.74 Å². The summed E-state index contributed by atoms with van der Waals surface area (Å²) >= 11 is 0. The second kappa shape index (κ2) is 10.1. The molecule has 0 saturated carbocycles. The highest BCUT2D eigenvalue weighted by molar-refractivity contribution is 5.86. The highest BCUT2D eigenvalue weighted by atomic mass is 35.5. The Hall–Kier alpha value is -2.84. The molecule has 148 valence electrons. The maximum absolute atomic E-state index is 6.06. The molecule has 0 aliphatic heterocycles. The Morgan fingerprint density at radius 3 is 2.41 bits per heavy atom. The van der Waals surface area contributed by atoms with Gasteiger partial charge in [0.05, 0.1) is 6.61 Å². The fourth-order valence-electron chi connectivity index (χ4n) is 3.53. The Bertz CT molecular complexity index is 1060. The number of nitrogens with zero attached hydrogens (tertiary/aromatic N) is 1. The average Bonchev–Trinajstić information content (AvgIpc) is 2.75. The number of fused-ring (bicyclic) bond motifs is 1. The first-order chi connectivity index (χ1) is 13.8. The van der Waals surface area contributed by atoms with Gasteiger partial charge >= 0.3 is 0 Å². The lowest BCUT2D eigenvalue weighted by Crippen LogP contribution is -2.04. The van der Waals surface area contributed by atoms with Gasteiger partial charge in [0, 0.05) is 29.9 Å². The molecule has 3 heteroatoms. The number of hydrogen-bond donors (Lipinski definition) is 0. The SMILES string of the molecule is Cc1cnc(CCc2cccc3ccccc23)cc1OCCc1ccccc1.Cl. The van der Waals surface area contributed by atoms with Crippen LogP contribution in [0.25, 0.3) is 10.8 Å². The molecule has 4 aromatic rings. The molecular weight excluding hydrogens is 378 g/mol. The third-order valence-corrected chi connectivity index (χ3v) is 5.13. The minimum absolute atomic E-state index is 0. The first-order valence-electron chi connectivity index (χ1n) is 9.88. The van der Waals surface area contributed by atoms with E-state index in [9.17, 15) is 0 Å². The smallest absolute Gasteiger partial charge is 0.125 e. The minimum atomic E-state index is 0. The fraction of sp³-hybridized carbons (Fsp3) is 0.192. The van der Waals surface area contributed by atoms with Gasteiger partial charge in [-0.25, -0.2) is 0 Å². The van der Waals surface area contributed by atoms with E-state index in [-0.39, 0.29) is 12.4 Å². The maximum atomic E-state index is 6.06. The lowest BCUT2D eigenvalue weighted by Gasteiger charge is -2.11. The van der Waals surface area contributed by atoms with Crippen LogP contribution in [0.5, 0.6) is 5.75 Å². The van der Waals surface area contributed by atoms with Crippen LogP contribution in [-0.4, -0.2) is 11.6 Å². The summed E-state index contributed by atoms with van der Waals surface area (Å²) in [5.41, 5.74) is 4.83. The van der Waals surface area contributed by atoms with E-state index in [0.717, 1.165) is 36.3 Å². The molecule has 1 heterocycles. The number of aromatic nitrogens is 1. The van der Waals surface area contributed by atoms with Crippen molar-refractivity contribution in [2.75, 3.05) is 6.61 Å². The minimum Gasteiger partial charge on any atom is -0.493 e. The van der Waals surface area contributed by atoms with Crippen molar-refractivity contribution in [2.45, 2.75) is 26.2 Å². The molecule has 29 heavy (non-hydrogen) atoms. The molecule has 0 N–H and O–H groups in total. The van der Waals surface area contributed by atoms with E-state index < -0.39 is 0 Å². The zero-order valence-corrected chi connectivity index (χ0v) is 17.5. The molecule has 3 aromatic carbocycles. The van der Waals surface area contributed by atoms with Crippen LogP contribution >= 0.6 is 12.4 Å². The van der Waals surface area contributed by atoms with Crippen LogP contribution in [0, 0.1) is 6.92 Å². The predicted molar refractivity (Wildman–Crippen MR) is 123 cm³/mol. The van der Waals surface area contributed by atoms with E-state index in [1.165, 1.54) is 21.9 Å². The van der Waals surface area contributed by atoms with Crippen molar-refractivity contribution in [3.63, 3.8) is 0 Å². The molecule has 0 fully saturated rings. The molecule has 0 unspecified atom stereocenters. The third kappa shape index (κ3) is 5.36. The summed E-state index contributed by atoms with van der Waals surface area (Å²) in [6, 6.07) is 27.6. The first kappa shape index (κ1) is 20.9. The molecule has 4 rings (SSSR count). The zero-order valence-electron chi connectivity index (χ0n) is 16.7. The van der Waals surface area contributed by atoms with Gasteiger partial charge in [-0.3, -0.25) is 4.98 Å². The Morgan fingerprint density at radius 1 is 0.793 bits per heavy atom. The number of halogens is 1. The van der Waals surface area contributed by atoms with Crippen molar-refractivity contribution >= 4 is 23.2 Å². The molecule has 0 spiro atoms. The Labute approximate surface area is 179 Å². The number of rotatable bonds is 7. The van der Waals surface area contributed by atoms with E-state index in [1.807, 2.05) is 12.3 Å². The molecule has 0 aliphatic carbocycles. The van der Waals surface area contributed by atoms with Crippen molar-refractivity contribution in [3.8, 4) is 5.75 Å². The summed E-state index contributed by atoms with van der Waals surface area (Å²) in [5, 5.41) is 2.62. The van der Waals surface area contributed by atoms with Gasteiger partial charge in [-0.15, -0.1) is 12.4 Å². The second-order valence-electron chi connectivity index (χ2n) is 7.16. The number of ether oxygens (including phenoxy) is 1. The lowest BCUT2D eigenvalue weighted by molar-refractivity contribution is 0.319. The molecular formula is C26H26ClNO. The standard InChI is InChI=1S/C26H25NO.ClH/c1-20-19-27-24(18-26(20)28-17-16-21-8-3-2-4-9-21)15-14-23-12-7-11-22-10-5-6-13-25(22)23;/h2-13,18-19H,14-17H2,1H3;1H. The maximum Gasteiger partial charge on any atom is 0.125 e. The number of hydrogen-bond acceptors (Lipinski definition) is 2. The quantitative estimate of drug-likeness (QED) is 0.357. The van der Waals surface area contributed by atoms with Gasteiger partial charge in [0.15, 0.2) is 0 Å². The van der Waals surface area contributed by atoms with Crippen LogP contribution in [0.1, 0.15) is 22.4 Å². The molecule has 0 bridgehead atoms. The molecule has 0 radical (unpaired) electrons. The van der Waals surface area contributed by atoms with Crippen molar-refractivity contribution in [3.05, 3.63) is 107 Å². The summed E-state index contributed by atoms with van der Waals surface area (Å²) in [4.78, 5) is 4.62. The topological polar surface area (TPSA) is 22.1 Å². The molecule has 0 saturated heterocycles. The molecule has 0 atom stereocenters. The van der Waals surface area contributed by atoms with Crippen LogP contribution in [0.15, 0.2) is 85.1 Å². The van der Waals surface area contributed by atoms with Crippen molar-refractivity contribution in [1.82, 2.24) is 4.98 Å². The van der Waals surface area contributed by atoms with E-state index in [2.05, 4.69) is 84.7 Å². The van der Waals surface area contributed by atoms with Crippen molar-refractivity contribution < 1.29 is 4.74 Å². The van der Waals surface area contributed by atoms with Gasteiger partial charge in [-0.1, -0.05) is 72.8 Å². The molecule has 0 aliphatic rings. The third-order valence-electron chi connectivity index (χ3n) is 5.13. The van der Waals surface area contributed by atoms with E-state index >= 15 is 0 Å². The summed E-state index contributed by atoms with van der Waals surface area (Å²) in [6.45, 7) is 2.73. The van der Waals surface area contributed by atoms with Gasteiger partial charge in [-0.2, -0.15) is 0 Å². The van der Waals surface area contributed by atoms with Crippen LogP contribution in [0.2, 0.25) is 0 Å². The van der Waals surface area contributed by atoms with Crippen molar-refractivity contribution in [1.29, 1.82) is 0 Å². The van der Waals surface area contributed by atoms with Gasteiger partial charge in [0.1, 0.15) is 5.75 Å². The molecule has 2 nitrogen and oxygen atoms in total. The summed E-state index contributed by atoms with van der Waals surface area (Å²) in [7, 11) is 0. The summed E-state index contributed by atoms with van der Waals surface area (Å²) < 4.78 is 6.06. The average molecular weight is 404 g/mol. The number of pyridine rings is 1. The van der Waals surface area contributed by atoms with Crippen LogP contribution in [-0.2, 0) is 19.3 Å². The van der Waals surface area contributed by atoms with Gasteiger partial charge in [0.2, 0.25) is 0 Å². The summed E-state index contributed by atoms with van der Waals surface area (Å²) in [6.07, 6.45) is 4.72. The Morgan fingerprint density at radius 2 is 1.55 bits per heavy atom. The zero-order chi connectivity index (χ0) is 19.2. The normalized spacial score (nSPS) is 10.5. The first-order valence-corrected chi connectivity index (χ1v) is 9.88. The molecule has 1 aromatic heterocycles. The van der Waals surface area contributed by atoms with E-state index in [1.54, 1.807) is 0 Å². The second-order valence-corrected chi connectivity index (χ2v) is 7.16. The van der Waals surface area contributed by atoms with Crippen LogP contribution in [0.4, 0.5) is 0 Å². The largest absolute Gasteiger partial charge is 0.493 e. The fourth-order valence-corrected chi connectivity index (χ4v) is 3.53. The number of aryl methyl sites for hydroxylation is 3. The van der Waals surface area contributed by atoms with Crippen LogP contribution in [0.3, 0.4) is 0 Å². The van der Waals surface area contributed by atoms with E-state index in [0.29, 0.717) is 6.61 Å². The predicted octanol–water partition coefficient (Wildman–Crippen LogP) is 6.37.